The summed E-state index contributed by atoms with van der Waals surface area (Å²) in [6.45, 7) is 6.89. The third kappa shape index (κ3) is 6.21. The molecular weight excluding hydrogens is 387 g/mol. The zero-order valence-electron chi connectivity index (χ0n) is 17.4. The average Bonchev–Trinajstić information content (AvgIpc) is 2.67. The molecule has 0 radical (unpaired) electrons. The van der Waals surface area contributed by atoms with E-state index in [1.54, 1.807) is 52.0 Å². The molecule has 2 amide bonds. The molecule has 1 atom stereocenters. The van der Waals surface area contributed by atoms with Crippen LogP contribution in [0.15, 0.2) is 42.5 Å². The van der Waals surface area contributed by atoms with Crippen molar-refractivity contribution in [3.8, 4) is 6.07 Å². The van der Waals surface area contributed by atoms with Gasteiger partial charge in [0.25, 0.3) is 0 Å². The number of hydrogen-bond donors (Lipinski definition) is 3. The highest BCUT2D eigenvalue weighted by molar-refractivity contribution is 6.00. The number of nitrogens with zero attached hydrogens (tertiary/aromatic N) is 1. The molecule has 0 unspecified atom stereocenters. The summed E-state index contributed by atoms with van der Waals surface area (Å²) in [7, 11) is 0. The molecule has 0 aliphatic carbocycles. The molecule has 0 saturated heterocycles. The van der Waals surface area contributed by atoms with Gasteiger partial charge in [0, 0.05) is 5.69 Å². The molecule has 0 bridgehead atoms. The molecular formula is C22H25FN4O3. The lowest BCUT2D eigenvalue weighted by Crippen LogP contribution is -2.45. The summed E-state index contributed by atoms with van der Waals surface area (Å²) in [5.74, 6) is -1.23. The molecule has 8 heteroatoms. The van der Waals surface area contributed by atoms with Crippen LogP contribution >= 0.6 is 0 Å². The van der Waals surface area contributed by atoms with Gasteiger partial charge in [0.1, 0.15) is 29.1 Å². The van der Waals surface area contributed by atoms with Gasteiger partial charge in [0.15, 0.2) is 0 Å². The summed E-state index contributed by atoms with van der Waals surface area (Å²) in [5.41, 5.74) is 0.0267. The smallest absolute Gasteiger partial charge is 0.408 e. The molecule has 0 aromatic heterocycles. The summed E-state index contributed by atoms with van der Waals surface area (Å²) in [6, 6.07) is 12.3. The number of ether oxygens (including phenoxy) is 1. The van der Waals surface area contributed by atoms with Crippen LogP contribution in [0.2, 0.25) is 0 Å². The number of para-hydroxylation sites is 1. The van der Waals surface area contributed by atoms with Crippen LogP contribution in [-0.4, -0.2) is 23.6 Å². The van der Waals surface area contributed by atoms with Crippen LogP contribution in [0.25, 0.3) is 0 Å². The molecule has 0 aliphatic rings. The maximum absolute atomic E-state index is 14.2. The summed E-state index contributed by atoms with van der Waals surface area (Å²) in [5, 5.41) is 17.6. The van der Waals surface area contributed by atoms with E-state index in [-0.39, 0.29) is 16.9 Å². The zero-order valence-corrected chi connectivity index (χ0v) is 17.4. The van der Waals surface area contributed by atoms with Crippen molar-refractivity contribution in [1.29, 1.82) is 5.26 Å². The SMILES string of the molecule is CC[C@H](NC(=O)OC(C)(C)C)C(=O)Nc1ccc(F)c(C#N)c1Nc1ccccc1. The van der Waals surface area contributed by atoms with E-state index in [1.807, 2.05) is 12.1 Å². The molecule has 0 spiro atoms. The van der Waals surface area contributed by atoms with Gasteiger partial charge < -0.3 is 20.7 Å². The van der Waals surface area contributed by atoms with Crippen molar-refractivity contribution in [1.82, 2.24) is 5.32 Å². The van der Waals surface area contributed by atoms with Crippen LogP contribution in [-0.2, 0) is 9.53 Å². The Bertz CT molecular complexity index is 949. The fourth-order valence-electron chi connectivity index (χ4n) is 2.61. The number of anilines is 3. The first-order valence-corrected chi connectivity index (χ1v) is 9.49. The Morgan fingerprint density at radius 3 is 2.40 bits per heavy atom. The zero-order chi connectivity index (χ0) is 22.3. The second kappa shape index (κ2) is 9.74. The maximum atomic E-state index is 14.2. The standard InChI is InChI=1S/C22H25FN4O3/c1-5-17(27-21(29)30-22(2,3)4)20(28)26-18-12-11-16(23)15(13-24)19(18)25-14-9-7-6-8-10-14/h6-12,17,25H,5H2,1-4H3,(H,26,28)(H,27,29)/t17-/m0/s1. The third-order valence-corrected chi connectivity index (χ3v) is 3.98. The molecule has 7 nitrogen and oxygen atoms in total. The predicted molar refractivity (Wildman–Crippen MR) is 113 cm³/mol. The van der Waals surface area contributed by atoms with Gasteiger partial charge in [-0.05, 0) is 51.5 Å². The van der Waals surface area contributed by atoms with Crippen molar-refractivity contribution in [2.45, 2.75) is 45.8 Å². The van der Waals surface area contributed by atoms with Crippen molar-refractivity contribution in [2.24, 2.45) is 0 Å². The van der Waals surface area contributed by atoms with Crippen molar-refractivity contribution in [2.75, 3.05) is 10.6 Å². The van der Waals surface area contributed by atoms with E-state index >= 15 is 0 Å². The largest absolute Gasteiger partial charge is 0.444 e. The fourth-order valence-corrected chi connectivity index (χ4v) is 2.61. The van der Waals surface area contributed by atoms with Gasteiger partial charge in [-0.25, -0.2) is 9.18 Å². The Hall–Kier alpha value is -3.60. The first-order chi connectivity index (χ1) is 14.1. The number of benzene rings is 2. The maximum Gasteiger partial charge on any atom is 0.408 e. The van der Waals surface area contributed by atoms with Crippen LogP contribution in [0, 0.1) is 17.1 Å². The highest BCUT2D eigenvalue weighted by Gasteiger charge is 2.24. The molecule has 2 aromatic rings. The van der Waals surface area contributed by atoms with Gasteiger partial charge in [-0.1, -0.05) is 25.1 Å². The number of alkyl carbamates (subject to hydrolysis) is 1. The van der Waals surface area contributed by atoms with Crippen molar-refractivity contribution in [3.05, 3.63) is 53.8 Å². The molecule has 2 aromatic carbocycles. The highest BCUT2D eigenvalue weighted by Crippen LogP contribution is 2.31. The van der Waals surface area contributed by atoms with E-state index in [2.05, 4.69) is 16.0 Å². The minimum absolute atomic E-state index is 0.129. The van der Waals surface area contributed by atoms with Crippen molar-refractivity contribution < 1.29 is 18.7 Å². The normalized spacial score (nSPS) is 11.7. The van der Waals surface area contributed by atoms with Gasteiger partial charge in [0.2, 0.25) is 5.91 Å². The van der Waals surface area contributed by atoms with Gasteiger partial charge in [-0.3, -0.25) is 4.79 Å². The second-order valence-electron chi connectivity index (χ2n) is 7.54. The van der Waals surface area contributed by atoms with Gasteiger partial charge >= 0.3 is 6.09 Å². The molecule has 3 N–H and O–H groups in total. The van der Waals surface area contributed by atoms with Gasteiger partial charge in [-0.15, -0.1) is 0 Å². The van der Waals surface area contributed by atoms with Crippen molar-refractivity contribution >= 4 is 29.1 Å². The van der Waals surface area contributed by atoms with E-state index in [1.165, 1.54) is 6.07 Å². The highest BCUT2D eigenvalue weighted by atomic mass is 19.1. The lowest BCUT2D eigenvalue weighted by molar-refractivity contribution is -0.118. The number of carbonyl (C=O) groups excluding carboxylic acids is 2. The van der Waals surface area contributed by atoms with Crippen LogP contribution < -0.4 is 16.0 Å². The minimum atomic E-state index is -0.875. The van der Waals surface area contributed by atoms with Crippen LogP contribution in [0.1, 0.15) is 39.7 Å². The minimum Gasteiger partial charge on any atom is -0.444 e. The first-order valence-electron chi connectivity index (χ1n) is 9.49. The number of carbonyl (C=O) groups is 2. The van der Waals surface area contributed by atoms with Crippen LogP contribution in [0.4, 0.5) is 26.2 Å². The van der Waals surface area contributed by atoms with Crippen LogP contribution in [0.3, 0.4) is 0 Å². The lowest BCUT2D eigenvalue weighted by Gasteiger charge is -2.23. The molecule has 2 rings (SSSR count). The number of nitriles is 1. The Labute approximate surface area is 175 Å². The summed E-state index contributed by atoms with van der Waals surface area (Å²) in [4.78, 5) is 24.8. The lowest BCUT2D eigenvalue weighted by atomic mass is 10.1. The molecule has 0 saturated carbocycles. The molecule has 0 aliphatic heterocycles. The Morgan fingerprint density at radius 1 is 1.17 bits per heavy atom. The first kappa shape index (κ1) is 22.7. The van der Waals surface area contributed by atoms with E-state index in [0.717, 1.165) is 6.07 Å². The molecule has 0 fully saturated rings. The average molecular weight is 412 g/mol. The van der Waals surface area contributed by atoms with Gasteiger partial charge in [0.05, 0.1) is 11.4 Å². The number of hydrogen-bond acceptors (Lipinski definition) is 5. The van der Waals surface area contributed by atoms with E-state index in [9.17, 15) is 19.2 Å². The van der Waals surface area contributed by atoms with Crippen LogP contribution in [0.5, 0.6) is 0 Å². The van der Waals surface area contributed by atoms with Gasteiger partial charge in [-0.2, -0.15) is 5.26 Å². The topological polar surface area (TPSA) is 103 Å². The van der Waals surface area contributed by atoms with E-state index < -0.39 is 29.5 Å². The quantitative estimate of drug-likeness (QED) is 0.639. The number of halogens is 1. The number of nitrogens with one attached hydrogen (secondary N) is 3. The Morgan fingerprint density at radius 2 is 1.83 bits per heavy atom. The number of rotatable bonds is 6. The summed E-state index contributed by atoms with van der Waals surface area (Å²) in [6.07, 6.45) is -0.414. The fraction of sp³-hybridized carbons (Fsp3) is 0.318. The third-order valence-electron chi connectivity index (χ3n) is 3.98. The summed E-state index contributed by atoms with van der Waals surface area (Å²) < 4.78 is 19.4. The van der Waals surface area contributed by atoms with E-state index in [0.29, 0.717) is 12.1 Å². The second-order valence-corrected chi connectivity index (χ2v) is 7.54. The van der Waals surface area contributed by atoms with Crippen molar-refractivity contribution in [3.63, 3.8) is 0 Å². The monoisotopic (exact) mass is 412 g/mol. The molecule has 0 heterocycles. The molecule has 30 heavy (non-hydrogen) atoms. The Kier molecular flexibility index (Phi) is 7.37. The summed E-state index contributed by atoms with van der Waals surface area (Å²) >= 11 is 0. The molecule has 158 valence electrons. The Balaban J connectivity index is 2.27. The number of amides is 2. The predicted octanol–water partition coefficient (Wildman–Crippen LogP) is 4.68. The van der Waals surface area contributed by atoms with E-state index in [4.69, 9.17) is 4.74 Å².